The van der Waals surface area contributed by atoms with Crippen LogP contribution >= 0.6 is 0 Å². The predicted molar refractivity (Wildman–Crippen MR) is 112 cm³/mol. The van der Waals surface area contributed by atoms with Crippen molar-refractivity contribution in [2.45, 2.75) is 41.5 Å². The van der Waals surface area contributed by atoms with Crippen molar-refractivity contribution in [3.63, 3.8) is 0 Å². The smallest absolute Gasteiger partial charge is 0.0712 e. The molecule has 26 heavy (non-hydrogen) atoms. The van der Waals surface area contributed by atoms with Gasteiger partial charge >= 0.3 is 0 Å². The normalized spacial score (nSPS) is 28.0. The van der Waals surface area contributed by atoms with Gasteiger partial charge in [0.25, 0.3) is 0 Å². The lowest BCUT2D eigenvalue weighted by molar-refractivity contribution is 0.271. The highest BCUT2D eigenvalue weighted by Crippen LogP contribution is 2.58. The number of nitrogens with zero attached hydrogens (tertiary/aromatic N) is 2. The summed E-state index contributed by atoms with van der Waals surface area (Å²) in [7, 11) is 0. The van der Waals surface area contributed by atoms with Crippen LogP contribution in [-0.4, -0.2) is 24.5 Å². The number of benzene rings is 1. The lowest BCUT2D eigenvalue weighted by Gasteiger charge is -2.54. The van der Waals surface area contributed by atoms with Gasteiger partial charge in [0.15, 0.2) is 0 Å². The lowest BCUT2D eigenvalue weighted by Crippen LogP contribution is -2.55. The summed E-state index contributed by atoms with van der Waals surface area (Å²) < 4.78 is 0. The summed E-state index contributed by atoms with van der Waals surface area (Å²) in [5.74, 6) is 0.237. The molecule has 1 heterocycles. The van der Waals surface area contributed by atoms with Crippen LogP contribution in [0.4, 0.5) is 0 Å². The van der Waals surface area contributed by atoms with E-state index in [2.05, 4.69) is 84.0 Å². The average Bonchev–Trinajstić information content (AvgIpc) is 2.61. The molecule has 1 aromatic carbocycles. The van der Waals surface area contributed by atoms with Crippen LogP contribution in [0.1, 0.15) is 47.1 Å². The summed E-state index contributed by atoms with van der Waals surface area (Å²) in [6, 6.07) is 10.9. The fraction of sp³-hybridized carbons (Fsp3) is 0.500. The van der Waals surface area contributed by atoms with Gasteiger partial charge in [-0.25, -0.2) is 0 Å². The number of hydrogen-bond acceptors (Lipinski definition) is 2. The minimum atomic E-state index is -0.186. The Balaban J connectivity index is 2.06. The summed E-state index contributed by atoms with van der Waals surface area (Å²) >= 11 is 0. The summed E-state index contributed by atoms with van der Waals surface area (Å²) in [6.45, 7) is 15.6. The van der Waals surface area contributed by atoms with Crippen molar-refractivity contribution in [2.24, 2.45) is 32.1 Å². The van der Waals surface area contributed by atoms with E-state index in [0.717, 1.165) is 13.1 Å². The van der Waals surface area contributed by atoms with Crippen LogP contribution in [0.3, 0.4) is 0 Å². The van der Waals surface area contributed by atoms with Gasteiger partial charge in [-0.3, -0.25) is 9.98 Å². The van der Waals surface area contributed by atoms with E-state index in [1.165, 1.54) is 28.1 Å². The lowest BCUT2D eigenvalue weighted by atomic mass is 9.49. The second-order valence-electron chi connectivity index (χ2n) is 9.86. The van der Waals surface area contributed by atoms with E-state index in [-0.39, 0.29) is 22.2 Å². The molecular weight excluding hydrogens is 316 g/mol. The van der Waals surface area contributed by atoms with Crippen molar-refractivity contribution >= 4 is 17.0 Å². The molecule has 1 aliphatic heterocycles. The standard InChI is InChI=1S/C24H30N2/c1-22(2,3)18-15-24(23(4,5)6)14-17(16-10-8-7-9-11-16)19(18)20-21(24)26-13-12-25-20/h7-11,14-15,19H,12-13H2,1-6H3/t19-,24-/m1/s1. The Hall–Kier alpha value is -1.96. The summed E-state index contributed by atoms with van der Waals surface area (Å²) in [4.78, 5) is 10.1. The van der Waals surface area contributed by atoms with Gasteiger partial charge in [-0.15, -0.1) is 0 Å². The van der Waals surface area contributed by atoms with Crippen LogP contribution in [0.25, 0.3) is 5.57 Å². The van der Waals surface area contributed by atoms with Crippen LogP contribution in [0.15, 0.2) is 58.0 Å². The Morgan fingerprint density at radius 3 is 2.15 bits per heavy atom. The van der Waals surface area contributed by atoms with E-state index in [1.807, 2.05) is 0 Å². The molecule has 0 saturated carbocycles. The average molecular weight is 347 g/mol. The van der Waals surface area contributed by atoms with Gasteiger partial charge in [0.05, 0.1) is 29.9 Å². The van der Waals surface area contributed by atoms with Gasteiger partial charge in [0.1, 0.15) is 0 Å². The predicted octanol–water partition coefficient (Wildman–Crippen LogP) is 5.61. The van der Waals surface area contributed by atoms with Crippen LogP contribution in [0, 0.1) is 22.2 Å². The summed E-state index contributed by atoms with van der Waals surface area (Å²) in [5.41, 5.74) is 6.60. The van der Waals surface area contributed by atoms with Crippen LogP contribution in [0.5, 0.6) is 0 Å². The zero-order valence-corrected chi connectivity index (χ0v) is 16.9. The fourth-order valence-electron chi connectivity index (χ4n) is 4.67. The van der Waals surface area contributed by atoms with Crippen molar-refractivity contribution in [3.05, 3.63) is 53.6 Å². The van der Waals surface area contributed by atoms with Crippen molar-refractivity contribution in [3.8, 4) is 0 Å². The third-order valence-electron chi connectivity index (χ3n) is 6.16. The topological polar surface area (TPSA) is 24.7 Å². The van der Waals surface area contributed by atoms with Crippen molar-refractivity contribution in [2.75, 3.05) is 13.1 Å². The molecule has 0 aromatic heterocycles. The monoisotopic (exact) mass is 346 g/mol. The molecule has 0 N–H and O–H groups in total. The highest BCUT2D eigenvalue weighted by atomic mass is 14.9. The first kappa shape index (κ1) is 17.5. The number of rotatable bonds is 1. The van der Waals surface area contributed by atoms with Crippen molar-refractivity contribution < 1.29 is 0 Å². The molecule has 136 valence electrons. The maximum Gasteiger partial charge on any atom is 0.0712 e. The molecule has 0 fully saturated rings. The highest BCUT2D eigenvalue weighted by Gasteiger charge is 2.56. The largest absolute Gasteiger partial charge is 0.285 e. The first-order chi connectivity index (χ1) is 12.2. The van der Waals surface area contributed by atoms with E-state index in [4.69, 9.17) is 9.98 Å². The first-order valence-electron chi connectivity index (χ1n) is 9.76. The van der Waals surface area contributed by atoms with E-state index >= 15 is 0 Å². The number of allylic oxidation sites excluding steroid dienone is 4. The molecule has 2 heteroatoms. The number of aliphatic imine (C=N–C) groups is 2. The summed E-state index contributed by atoms with van der Waals surface area (Å²) in [6.07, 6.45) is 5.04. The molecule has 2 nitrogen and oxygen atoms in total. The minimum absolute atomic E-state index is 0.0336. The second kappa shape index (κ2) is 5.52. The zero-order valence-electron chi connectivity index (χ0n) is 16.9. The highest BCUT2D eigenvalue weighted by molar-refractivity contribution is 6.50. The molecule has 0 unspecified atom stereocenters. The molecule has 4 aliphatic rings. The van der Waals surface area contributed by atoms with Crippen LogP contribution in [-0.2, 0) is 0 Å². The number of hydrogen-bond donors (Lipinski definition) is 0. The Morgan fingerprint density at radius 2 is 1.54 bits per heavy atom. The van der Waals surface area contributed by atoms with Gasteiger partial charge in [-0.1, -0.05) is 89.6 Å². The van der Waals surface area contributed by atoms with Gasteiger partial charge in [-0.2, -0.15) is 0 Å². The molecule has 2 bridgehead atoms. The molecule has 0 saturated heterocycles. The fourth-order valence-corrected chi connectivity index (χ4v) is 4.67. The van der Waals surface area contributed by atoms with Crippen LogP contribution < -0.4 is 0 Å². The molecule has 1 aromatic rings. The molecule has 0 amide bonds. The van der Waals surface area contributed by atoms with Gasteiger partial charge in [-0.05, 0) is 22.0 Å². The third-order valence-corrected chi connectivity index (χ3v) is 6.16. The molecule has 0 radical (unpaired) electrons. The van der Waals surface area contributed by atoms with Gasteiger partial charge in [0.2, 0.25) is 0 Å². The SMILES string of the molecule is CC(C)(C)C1=C[C@]2(C(C)(C)C)C=C(c3ccccc3)[C@H]1C1=NCCN=C12. The van der Waals surface area contributed by atoms with Gasteiger partial charge < -0.3 is 0 Å². The van der Waals surface area contributed by atoms with Crippen molar-refractivity contribution in [1.29, 1.82) is 0 Å². The maximum atomic E-state index is 5.04. The van der Waals surface area contributed by atoms with Crippen molar-refractivity contribution in [1.82, 2.24) is 0 Å². The maximum absolute atomic E-state index is 5.04. The zero-order chi connectivity index (χ0) is 18.7. The minimum Gasteiger partial charge on any atom is -0.285 e. The van der Waals surface area contributed by atoms with E-state index in [0.29, 0.717) is 0 Å². The first-order valence-corrected chi connectivity index (χ1v) is 9.76. The molecule has 2 atom stereocenters. The van der Waals surface area contributed by atoms with E-state index < -0.39 is 0 Å². The molecular formula is C24H30N2. The van der Waals surface area contributed by atoms with Gasteiger partial charge in [0, 0.05) is 5.92 Å². The molecule has 5 rings (SSSR count). The summed E-state index contributed by atoms with van der Waals surface area (Å²) in [5, 5.41) is 0. The quantitative estimate of drug-likeness (QED) is 0.590. The Bertz CT molecular complexity index is 854. The Morgan fingerprint density at radius 1 is 0.885 bits per heavy atom. The third kappa shape index (κ3) is 2.38. The Labute approximate surface area is 157 Å². The molecule has 3 aliphatic carbocycles. The van der Waals surface area contributed by atoms with Crippen LogP contribution in [0.2, 0.25) is 0 Å². The van der Waals surface area contributed by atoms with E-state index in [9.17, 15) is 0 Å². The van der Waals surface area contributed by atoms with E-state index in [1.54, 1.807) is 0 Å². The second-order valence-corrected chi connectivity index (χ2v) is 9.86. The Kier molecular flexibility index (Phi) is 3.70. The molecule has 0 spiro atoms.